The molecule has 0 aromatic carbocycles. The minimum atomic E-state index is -0.171. The Labute approximate surface area is 105 Å². The fourth-order valence-electron chi connectivity index (χ4n) is 1.01. The predicted octanol–water partition coefficient (Wildman–Crippen LogP) is 2.66. The number of rotatable bonds is 6. The first kappa shape index (κ1) is 16.0. The monoisotopic (exact) mass is 242 g/mol. The zero-order valence-electron chi connectivity index (χ0n) is 11.7. The van der Waals surface area contributed by atoms with Gasteiger partial charge in [-0.15, -0.1) is 0 Å². The third-order valence-electron chi connectivity index (χ3n) is 1.86. The fourth-order valence-corrected chi connectivity index (χ4v) is 1.01. The smallest absolute Gasteiger partial charge is 0.318 e. The van der Waals surface area contributed by atoms with Crippen molar-refractivity contribution in [3.8, 4) is 0 Å². The lowest BCUT2D eigenvalue weighted by molar-refractivity contribution is 0.0774. The van der Waals surface area contributed by atoms with Crippen molar-refractivity contribution in [3.63, 3.8) is 0 Å². The number of hydrogen-bond acceptors (Lipinski definition) is 2. The van der Waals surface area contributed by atoms with Gasteiger partial charge in [0.1, 0.15) is 0 Å². The molecule has 100 valence electrons. The van der Waals surface area contributed by atoms with E-state index in [-0.39, 0.29) is 17.6 Å². The van der Waals surface area contributed by atoms with Gasteiger partial charge in [0.05, 0.1) is 6.10 Å². The lowest BCUT2D eigenvalue weighted by atomic mass is 9.97. The van der Waals surface area contributed by atoms with Crippen LogP contribution in [-0.4, -0.2) is 25.3 Å². The predicted molar refractivity (Wildman–Crippen MR) is 70.8 cm³/mol. The molecular formula is C13H26N2O2. The molecule has 0 bridgehead atoms. The van der Waals surface area contributed by atoms with E-state index in [1.807, 2.05) is 19.9 Å². The van der Waals surface area contributed by atoms with Crippen LogP contribution in [-0.2, 0) is 4.74 Å². The first-order valence-electron chi connectivity index (χ1n) is 6.15. The molecule has 4 heteroatoms. The number of hydrogen-bond donors (Lipinski definition) is 2. The second kappa shape index (κ2) is 8.12. The molecule has 2 N–H and O–H groups in total. The highest BCUT2D eigenvalue weighted by molar-refractivity contribution is 5.74. The van der Waals surface area contributed by atoms with Crippen LogP contribution in [0.2, 0.25) is 0 Å². The molecule has 0 aromatic heterocycles. The van der Waals surface area contributed by atoms with Crippen molar-refractivity contribution in [1.29, 1.82) is 0 Å². The molecule has 0 saturated heterocycles. The molecule has 0 saturated carbocycles. The highest BCUT2D eigenvalue weighted by atomic mass is 16.5. The molecule has 0 fully saturated rings. The molecule has 0 spiro atoms. The summed E-state index contributed by atoms with van der Waals surface area (Å²) in [6.07, 6.45) is 4.71. The number of urea groups is 1. The summed E-state index contributed by atoms with van der Waals surface area (Å²) in [5, 5.41) is 5.43. The van der Waals surface area contributed by atoms with Crippen LogP contribution >= 0.6 is 0 Å². The number of ether oxygens (including phenoxy) is 1. The zero-order valence-corrected chi connectivity index (χ0v) is 11.7. The zero-order chi connectivity index (χ0) is 13.3. The van der Waals surface area contributed by atoms with Crippen molar-refractivity contribution in [1.82, 2.24) is 10.6 Å². The molecule has 0 aliphatic carbocycles. The van der Waals surface area contributed by atoms with Gasteiger partial charge in [-0.2, -0.15) is 0 Å². The summed E-state index contributed by atoms with van der Waals surface area (Å²) in [4.78, 5) is 11.3. The summed E-state index contributed by atoms with van der Waals surface area (Å²) in [7, 11) is 0. The fraction of sp³-hybridized carbons (Fsp3) is 0.769. The Morgan fingerprint density at radius 3 is 2.53 bits per heavy atom. The topological polar surface area (TPSA) is 50.4 Å². The molecule has 0 atom stereocenters. The Hall–Kier alpha value is -1.03. The van der Waals surface area contributed by atoms with Gasteiger partial charge >= 0.3 is 6.03 Å². The number of allylic oxidation sites excluding steroid dienone is 1. The second-order valence-electron chi connectivity index (χ2n) is 5.37. The first-order chi connectivity index (χ1) is 7.81. The van der Waals surface area contributed by atoms with E-state index in [2.05, 4.69) is 31.4 Å². The van der Waals surface area contributed by atoms with Gasteiger partial charge in [-0.05, 0) is 25.7 Å². The van der Waals surface area contributed by atoms with Crippen molar-refractivity contribution in [3.05, 3.63) is 12.3 Å². The minimum Gasteiger partial charge on any atom is -0.379 e. The highest BCUT2D eigenvalue weighted by Gasteiger charge is 2.03. The Bertz CT molecular complexity index is 242. The van der Waals surface area contributed by atoms with Crippen molar-refractivity contribution < 1.29 is 9.53 Å². The molecule has 0 aliphatic heterocycles. The standard InChI is InChI=1S/C13H26N2O2/c1-11(2)17-10-6-8-14-12(16)15-9-7-13(3,4)5/h7,9,11H,6,8,10H2,1-5H3,(H2,14,15,16)/b9-7+. The van der Waals surface area contributed by atoms with Gasteiger partial charge in [0.2, 0.25) is 0 Å². The van der Waals surface area contributed by atoms with Crippen molar-refractivity contribution in [2.24, 2.45) is 5.41 Å². The van der Waals surface area contributed by atoms with Crippen LogP contribution in [0.15, 0.2) is 12.3 Å². The summed E-state index contributed by atoms with van der Waals surface area (Å²) < 4.78 is 5.36. The van der Waals surface area contributed by atoms with Crippen LogP contribution in [0, 0.1) is 5.41 Å². The van der Waals surface area contributed by atoms with Crippen LogP contribution in [0.5, 0.6) is 0 Å². The maximum absolute atomic E-state index is 11.3. The van der Waals surface area contributed by atoms with Crippen molar-refractivity contribution in [2.75, 3.05) is 13.2 Å². The maximum atomic E-state index is 11.3. The van der Waals surface area contributed by atoms with Crippen LogP contribution in [0.25, 0.3) is 0 Å². The van der Waals surface area contributed by atoms with Gasteiger partial charge in [-0.1, -0.05) is 26.8 Å². The molecule has 0 aromatic rings. The summed E-state index contributed by atoms with van der Waals surface area (Å²) >= 11 is 0. The minimum absolute atomic E-state index is 0.0817. The molecule has 0 radical (unpaired) electrons. The molecule has 0 heterocycles. The van der Waals surface area contributed by atoms with Gasteiger partial charge in [0.25, 0.3) is 0 Å². The first-order valence-corrected chi connectivity index (χ1v) is 6.15. The molecule has 2 amide bonds. The van der Waals surface area contributed by atoms with Gasteiger partial charge < -0.3 is 15.4 Å². The van der Waals surface area contributed by atoms with Gasteiger partial charge in [-0.3, -0.25) is 0 Å². The Balaban J connectivity index is 3.51. The highest BCUT2D eigenvalue weighted by Crippen LogP contribution is 2.13. The van der Waals surface area contributed by atoms with E-state index < -0.39 is 0 Å². The van der Waals surface area contributed by atoms with Crippen molar-refractivity contribution >= 4 is 6.03 Å². The van der Waals surface area contributed by atoms with E-state index >= 15 is 0 Å². The third kappa shape index (κ3) is 12.9. The van der Waals surface area contributed by atoms with Crippen molar-refractivity contribution in [2.45, 2.75) is 47.1 Å². The van der Waals surface area contributed by atoms with Gasteiger partial charge in [-0.25, -0.2) is 4.79 Å². The lowest BCUT2D eigenvalue weighted by Crippen LogP contribution is -2.33. The Morgan fingerprint density at radius 2 is 2.00 bits per heavy atom. The van der Waals surface area contributed by atoms with Gasteiger partial charge in [0.15, 0.2) is 0 Å². The largest absolute Gasteiger partial charge is 0.379 e. The second-order valence-corrected chi connectivity index (χ2v) is 5.37. The number of nitrogens with one attached hydrogen (secondary N) is 2. The molecule has 0 unspecified atom stereocenters. The Kier molecular flexibility index (Phi) is 7.63. The maximum Gasteiger partial charge on any atom is 0.318 e. The Morgan fingerprint density at radius 1 is 1.35 bits per heavy atom. The average molecular weight is 242 g/mol. The average Bonchev–Trinajstić information content (AvgIpc) is 2.14. The molecule has 0 rings (SSSR count). The third-order valence-corrected chi connectivity index (χ3v) is 1.86. The van der Waals surface area contributed by atoms with E-state index in [4.69, 9.17) is 4.74 Å². The summed E-state index contributed by atoms with van der Waals surface area (Å²) in [5.41, 5.74) is 0.0817. The normalized spacial score (nSPS) is 12.1. The van der Waals surface area contributed by atoms with E-state index in [1.165, 1.54) is 0 Å². The van der Waals surface area contributed by atoms with Crippen LogP contribution in [0.3, 0.4) is 0 Å². The number of amides is 2. The molecule has 0 aliphatic rings. The number of carbonyl (C=O) groups excluding carboxylic acids is 1. The van der Waals surface area contributed by atoms with Gasteiger partial charge in [0, 0.05) is 19.4 Å². The summed E-state index contributed by atoms with van der Waals surface area (Å²) in [5.74, 6) is 0. The lowest BCUT2D eigenvalue weighted by Gasteiger charge is -2.11. The quantitative estimate of drug-likeness (QED) is 0.704. The van der Waals surface area contributed by atoms with Crippen LogP contribution in [0.4, 0.5) is 4.79 Å². The summed E-state index contributed by atoms with van der Waals surface area (Å²) in [6, 6.07) is -0.171. The SMILES string of the molecule is CC(C)OCCCNC(=O)N/C=C/C(C)(C)C. The van der Waals surface area contributed by atoms with E-state index in [0.717, 1.165) is 6.42 Å². The van der Waals surface area contributed by atoms with E-state index in [1.54, 1.807) is 6.20 Å². The summed E-state index contributed by atoms with van der Waals surface area (Å²) in [6.45, 7) is 11.5. The van der Waals surface area contributed by atoms with E-state index in [0.29, 0.717) is 13.2 Å². The molecular weight excluding hydrogens is 216 g/mol. The molecule has 17 heavy (non-hydrogen) atoms. The number of carbonyl (C=O) groups is 1. The van der Waals surface area contributed by atoms with Crippen LogP contribution in [0.1, 0.15) is 41.0 Å². The molecule has 4 nitrogen and oxygen atoms in total. The van der Waals surface area contributed by atoms with E-state index in [9.17, 15) is 4.79 Å². The van der Waals surface area contributed by atoms with Crippen LogP contribution < -0.4 is 10.6 Å².